The molecular weight excluding hydrogens is 278 g/mol. The summed E-state index contributed by atoms with van der Waals surface area (Å²) in [4.78, 5) is 26.8. The zero-order chi connectivity index (χ0) is 15.1. The summed E-state index contributed by atoms with van der Waals surface area (Å²) < 4.78 is 0. The molecule has 0 aliphatic rings. The van der Waals surface area contributed by atoms with Crippen LogP contribution in [0.3, 0.4) is 0 Å². The average molecular weight is 299 g/mol. The van der Waals surface area contributed by atoms with E-state index in [9.17, 15) is 9.59 Å². The maximum Gasteiger partial charge on any atom is 0.314 e. The molecule has 1 rings (SSSR count). The van der Waals surface area contributed by atoms with E-state index >= 15 is 0 Å². The van der Waals surface area contributed by atoms with Crippen molar-refractivity contribution in [2.24, 2.45) is 11.8 Å². The van der Waals surface area contributed by atoms with E-state index in [4.69, 9.17) is 5.11 Å². The van der Waals surface area contributed by atoms with Crippen LogP contribution < -0.4 is 10.6 Å². The molecule has 0 fully saturated rings. The van der Waals surface area contributed by atoms with Gasteiger partial charge in [0.15, 0.2) is 0 Å². The second-order valence-electron chi connectivity index (χ2n) is 4.96. The smallest absolute Gasteiger partial charge is 0.314 e. The highest BCUT2D eigenvalue weighted by Gasteiger charge is 2.21. The summed E-state index contributed by atoms with van der Waals surface area (Å²) in [7, 11) is 0. The molecule has 1 atom stereocenters. The molecular formula is C13H21N3O3S. The van der Waals surface area contributed by atoms with Crippen LogP contribution in [0.1, 0.15) is 24.5 Å². The largest absolute Gasteiger partial charge is 0.481 e. The molecule has 7 heteroatoms. The van der Waals surface area contributed by atoms with Gasteiger partial charge in [0.25, 0.3) is 0 Å². The van der Waals surface area contributed by atoms with E-state index in [0.29, 0.717) is 13.0 Å². The Morgan fingerprint density at radius 3 is 2.60 bits per heavy atom. The van der Waals surface area contributed by atoms with Gasteiger partial charge >= 0.3 is 12.0 Å². The summed E-state index contributed by atoms with van der Waals surface area (Å²) in [6, 6.07) is -0.342. The van der Waals surface area contributed by atoms with Crippen LogP contribution in [0.4, 0.5) is 4.79 Å². The number of nitrogens with zero attached hydrogens (tertiary/aromatic N) is 1. The van der Waals surface area contributed by atoms with Gasteiger partial charge in [-0.1, -0.05) is 13.8 Å². The number of aliphatic carboxylic acids is 1. The fourth-order valence-electron chi connectivity index (χ4n) is 1.67. The van der Waals surface area contributed by atoms with Gasteiger partial charge in [-0.25, -0.2) is 9.78 Å². The summed E-state index contributed by atoms with van der Waals surface area (Å²) in [5.74, 6) is -1.48. The zero-order valence-electron chi connectivity index (χ0n) is 12.0. The molecule has 1 aromatic heterocycles. The first-order valence-electron chi connectivity index (χ1n) is 6.55. The summed E-state index contributed by atoms with van der Waals surface area (Å²) >= 11 is 1.57. The molecule has 0 aliphatic carbocycles. The van der Waals surface area contributed by atoms with E-state index in [2.05, 4.69) is 15.6 Å². The fourth-order valence-corrected chi connectivity index (χ4v) is 2.45. The first kappa shape index (κ1) is 16.4. The number of carbonyl (C=O) groups is 2. The lowest BCUT2D eigenvalue weighted by atomic mass is 9.96. The molecule has 20 heavy (non-hydrogen) atoms. The molecule has 0 aromatic carbocycles. The van der Waals surface area contributed by atoms with E-state index in [1.54, 1.807) is 11.3 Å². The van der Waals surface area contributed by atoms with Crippen LogP contribution in [0.5, 0.6) is 0 Å². The van der Waals surface area contributed by atoms with E-state index in [0.717, 1.165) is 10.7 Å². The molecule has 2 amide bonds. The minimum absolute atomic E-state index is 0.0221. The van der Waals surface area contributed by atoms with Crippen LogP contribution in [0.25, 0.3) is 0 Å². The Bertz CT molecular complexity index is 459. The van der Waals surface area contributed by atoms with Crippen molar-refractivity contribution in [2.45, 2.75) is 27.2 Å². The third kappa shape index (κ3) is 5.56. The highest BCUT2D eigenvalue weighted by molar-refractivity contribution is 7.09. The lowest BCUT2D eigenvalue weighted by Gasteiger charge is -2.16. The molecule has 0 aliphatic heterocycles. The second-order valence-corrected chi connectivity index (χ2v) is 5.90. The van der Waals surface area contributed by atoms with Crippen molar-refractivity contribution in [1.29, 1.82) is 0 Å². The van der Waals surface area contributed by atoms with E-state index < -0.39 is 11.9 Å². The monoisotopic (exact) mass is 299 g/mol. The number of carbonyl (C=O) groups excluding carboxylic acids is 1. The van der Waals surface area contributed by atoms with Crippen LogP contribution in [0.2, 0.25) is 0 Å². The second kappa shape index (κ2) is 7.84. The van der Waals surface area contributed by atoms with Crippen molar-refractivity contribution in [3.05, 3.63) is 16.1 Å². The van der Waals surface area contributed by atoms with Gasteiger partial charge in [0.05, 0.1) is 10.9 Å². The van der Waals surface area contributed by atoms with Gasteiger partial charge in [0.1, 0.15) is 0 Å². The van der Waals surface area contributed by atoms with Crippen LogP contribution in [0.15, 0.2) is 5.38 Å². The molecule has 0 spiro atoms. The minimum Gasteiger partial charge on any atom is -0.481 e. The van der Waals surface area contributed by atoms with Crippen LogP contribution in [-0.4, -0.2) is 35.2 Å². The molecule has 1 heterocycles. The number of carboxylic acid groups (broad SMARTS) is 1. The lowest BCUT2D eigenvalue weighted by Crippen LogP contribution is -2.41. The Balaban J connectivity index is 2.24. The highest BCUT2D eigenvalue weighted by atomic mass is 32.1. The number of aromatic nitrogens is 1. The van der Waals surface area contributed by atoms with Crippen LogP contribution in [0, 0.1) is 18.8 Å². The quantitative estimate of drug-likeness (QED) is 0.714. The number of carboxylic acids is 1. The van der Waals surface area contributed by atoms with Crippen LogP contribution >= 0.6 is 11.3 Å². The van der Waals surface area contributed by atoms with Crippen molar-refractivity contribution < 1.29 is 14.7 Å². The Labute approximate surface area is 122 Å². The molecule has 1 unspecified atom stereocenters. The molecule has 3 N–H and O–H groups in total. The third-order valence-corrected chi connectivity index (χ3v) is 3.92. The molecule has 0 saturated heterocycles. The number of aryl methyl sites for hydroxylation is 1. The van der Waals surface area contributed by atoms with Gasteiger partial charge in [-0.3, -0.25) is 4.79 Å². The summed E-state index contributed by atoms with van der Waals surface area (Å²) in [6.07, 6.45) is 0.679. The summed E-state index contributed by atoms with van der Waals surface area (Å²) in [6.45, 7) is 6.19. The maximum absolute atomic E-state index is 11.6. The lowest BCUT2D eigenvalue weighted by molar-refractivity contribution is -0.142. The Morgan fingerprint density at radius 1 is 1.40 bits per heavy atom. The molecule has 0 bridgehead atoms. The number of nitrogens with one attached hydrogen (secondary N) is 2. The fraction of sp³-hybridized carbons (Fsp3) is 0.615. The van der Waals surface area contributed by atoms with Crippen LogP contribution in [-0.2, 0) is 11.2 Å². The summed E-state index contributed by atoms with van der Waals surface area (Å²) in [5.41, 5.74) is 0.982. The van der Waals surface area contributed by atoms with Gasteiger partial charge in [-0.05, 0) is 12.8 Å². The first-order chi connectivity index (χ1) is 9.40. The minimum atomic E-state index is -0.890. The van der Waals surface area contributed by atoms with Gasteiger partial charge in [0, 0.05) is 30.6 Å². The molecule has 1 aromatic rings. The predicted molar refractivity (Wildman–Crippen MR) is 77.9 cm³/mol. The Hall–Kier alpha value is -1.63. The molecule has 6 nitrogen and oxygen atoms in total. The number of hydrogen-bond acceptors (Lipinski definition) is 4. The topological polar surface area (TPSA) is 91.3 Å². The average Bonchev–Trinajstić information content (AvgIpc) is 2.74. The van der Waals surface area contributed by atoms with Gasteiger partial charge in [0.2, 0.25) is 0 Å². The van der Waals surface area contributed by atoms with E-state index in [1.165, 1.54) is 0 Å². The Morgan fingerprint density at radius 2 is 2.10 bits per heavy atom. The van der Waals surface area contributed by atoms with E-state index in [1.807, 2.05) is 26.2 Å². The first-order valence-corrected chi connectivity index (χ1v) is 7.43. The van der Waals surface area contributed by atoms with Crippen molar-refractivity contribution in [2.75, 3.05) is 13.1 Å². The van der Waals surface area contributed by atoms with Crippen molar-refractivity contribution in [3.63, 3.8) is 0 Å². The number of amides is 2. The van der Waals surface area contributed by atoms with Gasteiger partial charge in [-0.2, -0.15) is 0 Å². The molecule has 0 radical (unpaired) electrons. The number of thiazole rings is 1. The number of rotatable bonds is 7. The predicted octanol–water partition coefficient (Wildman–Crippen LogP) is 1.65. The zero-order valence-corrected chi connectivity index (χ0v) is 12.8. The summed E-state index contributed by atoms with van der Waals surface area (Å²) in [5, 5.41) is 17.2. The van der Waals surface area contributed by atoms with Gasteiger partial charge < -0.3 is 15.7 Å². The highest BCUT2D eigenvalue weighted by Crippen LogP contribution is 2.10. The normalized spacial score (nSPS) is 12.2. The van der Waals surface area contributed by atoms with Gasteiger partial charge in [-0.15, -0.1) is 11.3 Å². The molecule has 0 saturated carbocycles. The van der Waals surface area contributed by atoms with E-state index in [-0.39, 0.29) is 18.5 Å². The van der Waals surface area contributed by atoms with Crippen molar-refractivity contribution in [3.8, 4) is 0 Å². The van der Waals surface area contributed by atoms with Crippen molar-refractivity contribution in [1.82, 2.24) is 15.6 Å². The number of urea groups is 1. The maximum atomic E-state index is 11.6. The molecule has 112 valence electrons. The standard InChI is InChI=1S/C13H21N3O3S/c1-8(2)10(12(17)18)6-15-13(19)14-5-4-11-16-9(3)7-20-11/h7-8,10H,4-6H2,1-3H3,(H,17,18)(H2,14,15,19). The SMILES string of the molecule is Cc1csc(CCNC(=O)NCC(C(=O)O)C(C)C)n1. The number of hydrogen-bond donors (Lipinski definition) is 3. The third-order valence-electron chi connectivity index (χ3n) is 2.90. The van der Waals surface area contributed by atoms with Crippen molar-refractivity contribution >= 4 is 23.3 Å². The Kier molecular flexibility index (Phi) is 6.44.